The van der Waals surface area contributed by atoms with Crippen molar-refractivity contribution in [3.8, 4) is 11.5 Å². The zero-order valence-corrected chi connectivity index (χ0v) is 19.0. The van der Waals surface area contributed by atoms with E-state index in [9.17, 15) is 13.2 Å². The Labute approximate surface area is 188 Å². The molecule has 0 radical (unpaired) electrons. The van der Waals surface area contributed by atoms with E-state index in [0.29, 0.717) is 66.4 Å². The number of hydrogen-bond acceptors (Lipinski definition) is 6. The van der Waals surface area contributed by atoms with Crippen molar-refractivity contribution in [1.82, 2.24) is 9.62 Å². The quantitative estimate of drug-likeness (QED) is 0.670. The molecule has 30 heavy (non-hydrogen) atoms. The Morgan fingerprint density at radius 3 is 2.80 bits per heavy atom. The third-order valence-corrected chi connectivity index (χ3v) is 8.87. The van der Waals surface area contributed by atoms with Gasteiger partial charge in [-0.05, 0) is 49.1 Å². The summed E-state index contributed by atoms with van der Waals surface area (Å²) in [6.45, 7) is 1.59. The number of benzene rings is 1. The summed E-state index contributed by atoms with van der Waals surface area (Å²) in [6, 6.07) is 5.93. The van der Waals surface area contributed by atoms with Crippen LogP contribution in [0.1, 0.15) is 18.4 Å². The summed E-state index contributed by atoms with van der Waals surface area (Å²) in [5.41, 5.74) is 0.897. The Bertz CT molecular complexity index is 1060. The van der Waals surface area contributed by atoms with Gasteiger partial charge in [0.05, 0.1) is 9.36 Å². The summed E-state index contributed by atoms with van der Waals surface area (Å²) < 4.78 is 38.7. The third kappa shape index (κ3) is 4.40. The van der Waals surface area contributed by atoms with Crippen LogP contribution < -0.4 is 14.8 Å². The number of nitrogens with zero attached hydrogens (tertiary/aromatic N) is 1. The van der Waals surface area contributed by atoms with Crippen LogP contribution >= 0.6 is 34.5 Å². The molecule has 0 aliphatic carbocycles. The molecule has 0 bridgehead atoms. The third-order valence-electron chi connectivity index (χ3n) is 4.99. The molecular weight excluding hydrogens is 471 g/mol. The second kappa shape index (κ2) is 8.92. The highest BCUT2D eigenvalue weighted by atomic mass is 35.5. The van der Waals surface area contributed by atoms with Crippen LogP contribution in [-0.2, 0) is 21.2 Å². The van der Waals surface area contributed by atoms with Gasteiger partial charge in [-0.3, -0.25) is 4.79 Å². The summed E-state index contributed by atoms with van der Waals surface area (Å²) in [5, 5.41) is 3.32. The Balaban J connectivity index is 1.39. The van der Waals surface area contributed by atoms with Crippen LogP contribution in [-0.4, -0.2) is 51.0 Å². The summed E-state index contributed by atoms with van der Waals surface area (Å²) >= 11 is 13.1. The van der Waals surface area contributed by atoms with Gasteiger partial charge in [-0.2, -0.15) is 4.31 Å². The standard InChI is InChI=1S/C19H20Cl2N2O5S2/c20-13-10-12(11-15-18(13)28-9-8-27-15)5-6-22-19(24)14-2-1-7-23(14)30(25,26)17-4-3-16(21)29-17/h3-4,10-11,14H,1-2,5-9H2,(H,22,24). The normalized spacial score (nSPS) is 19.1. The van der Waals surface area contributed by atoms with Crippen molar-refractivity contribution in [1.29, 1.82) is 0 Å². The summed E-state index contributed by atoms with van der Waals surface area (Å²) in [6.07, 6.45) is 1.65. The monoisotopic (exact) mass is 490 g/mol. The molecule has 1 fully saturated rings. The Morgan fingerprint density at radius 2 is 2.03 bits per heavy atom. The minimum atomic E-state index is -3.75. The minimum Gasteiger partial charge on any atom is -0.486 e. The van der Waals surface area contributed by atoms with E-state index in [0.717, 1.165) is 16.9 Å². The molecule has 1 N–H and O–H groups in total. The molecule has 1 amide bonds. The van der Waals surface area contributed by atoms with E-state index in [1.54, 1.807) is 12.1 Å². The first kappa shape index (κ1) is 21.7. The number of fused-ring (bicyclic) bond motifs is 1. The van der Waals surface area contributed by atoms with Crippen LogP contribution in [0.2, 0.25) is 9.36 Å². The first-order valence-corrected chi connectivity index (χ1v) is 12.5. The van der Waals surface area contributed by atoms with Gasteiger partial charge in [-0.15, -0.1) is 11.3 Å². The molecule has 7 nitrogen and oxygen atoms in total. The van der Waals surface area contributed by atoms with Gasteiger partial charge in [0.15, 0.2) is 11.5 Å². The average molecular weight is 491 g/mol. The zero-order chi connectivity index (χ0) is 21.3. The predicted molar refractivity (Wildman–Crippen MR) is 115 cm³/mol. The van der Waals surface area contributed by atoms with E-state index in [-0.39, 0.29) is 10.1 Å². The number of ether oxygens (including phenoxy) is 2. The van der Waals surface area contributed by atoms with Gasteiger partial charge in [0.2, 0.25) is 5.91 Å². The van der Waals surface area contributed by atoms with Crippen molar-refractivity contribution >= 4 is 50.5 Å². The highest BCUT2D eigenvalue weighted by Crippen LogP contribution is 2.38. The van der Waals surface area contributed by atoms with E-state index in [4.69, 9.17) is 32.7 Å². The number of sulfonamides is 1. The number of rotatable bonds is 6. The van der Waals surface area contributed by atoms with E-state index in [1.165, 1.54) is 10.4 Å². The molecule has 162 valence electrons. The molecule has 1 aromatic heterocycles. The zero-order valence-electron chi connectivity index (χ0n) is 15.9. The number of thiophene rings is 1. The molecule has 4 rings (SSSR count). The van der Waals surface area contributed by atoms with E-state index < -0.39 is 16.1 Å². The van der Waals surface area contributed by atoms with Crippen molar-refractivity contribution in [2.24, 2.45) is 0 Å². The van der Waals surface area contributed by atoms with Crippen LogP contribution in [0.25, 0.3) is 0 Å². The van der Waals surface area contributed by atoms with Crippen molar-refractivity contribution in [3.63, 3.8) is 0 Å². The Kier molecular flexibility index (Phi) is 6.45. The molecule has 11 heteroatoms. The molecule has 2 aliphatic heterocycles. The fourth-order valence-electron chi connectivity index (χ4n) is 3.60. The van der Waals surface area contributed by atoms with E-state index in [1.807, 2.05) is 6.07 Å². The second-order valence-electron chi connectivity index (χ2n) is 6.98. The minimum absolute atomic E-state index is 0.151. The smallest absolute Gasteiger partial charge is 0.253 e. The number of amides is 1. The van der Waals surface area contributed by atoms with Gasteiger partial charge in [0, 0.05) is 13.1 Å². The molecule has 2 aromatic rings. The molecule has 1 saturated heterocycles. The molecule has 1 aromatic carbocycles. The highest BCUT2D eigenvalue weighted by Gasteiger charge is 2.39. The fraction of sp³-hybridized carbons (Fsp3) is 0.421. The lowest BCUT2D eigenvalue weighted by Gasteiger charge is -2.23. The maximum atomic E-state index is 12.9. The summed E-state index contributed by atoms with van der Waals surface area (Å²) in [5.74, 6) is 0.830. The van der Waals surface area contributed by atoms with Gasteiger partial charge >= 0.3 is 0 Å². The van der Waals surface area contributed by atoms with Crippen molar-refractivity contribution in [2.45, 2.75) is 29.5 Å². The first-order valence-electron chi connectivity index (χ1n) is 9.49. The molecule has 3 heterocycles. The lowest BCUT2D eigenvalue weighted by atomic mass is 10.1. The van der Waals surface area contributed by atoms with E-state index >= 15 is 0 Å². The lowest BCUT2D eigenvalue weighted by Crippen LogP contribution is -2.46. The molecule has 0 saturated carbocycles. The lowest BCUT2D eigenvalue weighted by molar-refractivity contribution is -0.124. The van der Waals surface area contributed by atoms with Gasteiger partial charge in [-0.1, -0.05) is 23.2 Å². The topological polar surface area (TPSA) is 84.9 Å². The largest absolute Gasteiger partial charge is 0.486 e. The molecule has 2 aliphatic rings. The number of carbonyl (C=O) groups is 1. The summed E-state index contributed by atoms with van der Waals surface area (Å²) in [7, 11) is -3.75. The van der Waals surface area contributed by atoms with Crippen LogP contribution in [0.15, 0.2) is 28.5 Å². The molecule has 1 atom stereocenters. The Morgan fingerprint density at radius 1 is 1.23 bits per heavy atom. The van der Waals surface area contributed by atoms with Crippen LogP contribution in [0, 0.1) is 0 Å². The van der Waals surface area contributed by atoms with Gasteiger partial charge in [0.25, 0.3) is 10.0 Å². The molecule has 1 unspecified atom stereocenters. The maximum Gasteiger partial charge on any atom is 0.253 e. The highest BCUT2D eigenvalue weighted by molar-refractivity contribution is 7.91. The average Bonchev–Trinajstić information content (AvgIpc) is 3.38. The van der Waals surface area contributed by atoms with Crippen LogP contribution in [0.4, 0.5) is 0 Å². The van der Waals surface area contributed by atoms with Gasteiger partial charge in [-0.25, -0.2) is 8.42 Å². The SMILES string of the molecule is O=C(NCCc1cc(Cl)c2c(c1)OCCO2)C1CCCN1S(=O)(=O)c1ccc(Cl)s1. The number of carbonyl (C=O) groups excluding carboxylic acids is 1. The maximum absolute atomic E-state index is 12.9. The van der Waals surface area contributed by atoms with Gasteiger partial charge < -0.3 is 14.8 Å². The van der Waals surface area contributed by atoms with Crippen molar-refractivity contribution in [2.75, 3.05) is 26.3 Å². The Hall–Kier alpha value is -1.52. The van der Waals surface area contributed by atoms with Crippen molar-refractivity contribution < 1.29 is 22.7 Å². The molecular formula is C19H20Cl2N2O5S2. The predicted octanol–water partition coefficient (Wildman–Crippen LogP) is 3.34. The molecule has 0 spiro atoms. The van der Waals surface area contributed by atoms with Crippen LogP contribution in [0.3, 0.4) is 0 Å². The summed E-state index contributed by atoms with van der Waals surface area (Å²) in [4.78, 5) is 12.7. The van der Waals surface area contributed by atoms with Gasteiger partial charge in [0.1, 0.15) is 23.5 Å². The number of nitrogens with one attached hydrogen (secondary N) is 1. The van der Waals surface area contributed by atoms with Crippen molar-refractivity contribution in [3.05, 3.63) is 39.2 Å². The van der Waals surface area contributed by atoms with E-state index in [2.05, 4.69) is 5.32 Å². The van der Waals surface area contributed by atoms with Crippen LogP contribution in [0.5, 0.6) is 11.5 Å². The number of hydrogen-bond donors (Lipinski definition) is 1. The fourth-order valence-corrected chi connectivity index (χ4v) is 7.15. The first-order chi connectivity index (χ1) is 14.4. The second-order valence-corrected chi connectivity index (χ2v) is 11.2. The number of halogens is 2.